The van der Waals surface area contributed by atoms with Gasteiger partial charge in [0.15, 0.2) is 0 Å². The molecule has 11 aromatic rings. The zero-order chi connectivity index (χ0) is 35.9. The fraction of sp³-hybridized carbons (Fsp3) is 0.0588. The molecule has 0 amide bonds. The van der Waals surface area contributed by atoms with Gasteiger partial charge in [0.1, 0.15) is 0 Å². The lowest BCUT2D eigenvalue weighted by Gasteiger charge is -2.11. The first kappa shape index (κ1) is 31.1. The third kappa shape index (κ3) is 4.79. The lowest BCUT2D eigenvalue weighted by atomic mass is 9.99. The monoisotopic (exact) mass is 708 g/mol. The minimum atomic E-state index is 0.507. The first-order chi connectivity index (χ1) is 26.6. The molecule has 0 aliphatic rings. The Morgan fingerprint density at radius 1 is 0.352 bits per heavy atom. The van der Waals surface area contributed by atoms with Gasteiger partial charge in [0, 0.05) is 53.1 Å². The van der Waals surface area contributed by atoms with E-state index in [0.717, 1.165) is 0 Å². The maximum Gasteiger partial charge on any atom is 0.0541 e. The topological polar surface area (TPSA) is 9.86 Å². The summed E-state index contributed by atoms with van der Waals surface area (Å²) in [5.74, 6) is 0.507. The van der Waals surface area contributed by atoms with Gasteiger partial charge in [0.25, 0.3) is 0 Å². The molecule has 0 atom stereocenters. The molecule has 11 rings (SSSR count). The van der Waals surface area contributed by atoms with Crippen molar-refractivity contribution in [3.05, 3.63) is 181 Å². The van der Waals surface area contributed by atoms with E-state index >= 15 is 0 Å². The number of hydrogen-bond donors (Lipinski definition) is 0. The van der Waals surface area contributed by atoms with Gasteiger partial charge in [0.05, 0.1) is 22.1 Å². The van der Waals surface area contributed by atoms with Crippen LogP contribution in [0.1, 0.15) is 25.3 Å². The molecule has 0 N–H and O–H groups in total. The van der Waals surface area contributed by atoms with Gasteiger partial charge in [-0.25, -0.2) is 0 Å². The van der Waals surface area contributed by atoms with E-state index in [2.05, 4.69) is 199 Å². The SMILES string of the molecule is CC(C)c1ccc(-n2c3ccccc3c3cc(-c4ccc5sc6ccc(-c7cccc(-n8c9ccccc9c9ccccc98)c7)cc6c5c4)ccc32)cc1. The smallest absolute Gasteiger partial charge is 0.0541 e. The first-order valence-electron chi connectivity index (χ1n) is 18.8. The minimum absolute atomic E-state index is 0.507. The number of rotatable bonds is 5. The zero-order valence-corrected chi connectivity index (χ0v) is 30.9. The summed E-state index contributed by atoms with van der Waals surface area (Å²) in [5.41, 5.74) is 13.6. The predicted molar refractivity (Wildman–Crippen MR) is 233 cm³/mol. The fourth-order valence-electron chi connectivity index (χ4n) is 8.60. The standard InChI is InChI=1S/C51H36N2S/c1-32(2)33-18-23-38(24-19-33)52-48-17-8-5-14-42(48)43-29-35(20-25-49(43)52)37-22-27-51-45(31-37)44-30-36(21-26-50(44)54-51)34-10-9-11-39(28-34)53-46-15-6-3-12-40(46)41-13-4-7-16-47(41)53/h3-32H,1-2H3. The largest absolute Gasteiger partial charge is 0.309 e. The van der Waals surface area contributed by atoms with E-state index in [9.17, 15) is 0 Å². The highest BCUT2D eigenvalue weighted by molar-refractivity contribution is 7.25. The number of hydrogen-bond acceptors (Lipinski definition) is 1. The minimum Gasteiger partial charge on any atom is -0.309 e. The summed E-state index contributed by atoms with van der Waals surface area (Å²) in [6, 6.07) is 65.2. The fourth-order valence-corrected chi connectivity index (χ4v) is 9.67. The number of nitrogens with zero attached hydrogens (tertiary/aromatic N) is 2. The highest BCUT2D eigenvalue weighted by atomic mass is 32.1. The van der Waals surface area contributed by atoms with Gasteiger partial charge in [-0.2, -0.15) is 0 Å². The molecular weight excluding hydrogens is 673 g/mol. The van der Waals surface area contributed by atoms with Gasteiger partial charge in [0.2, 0.25) is 0 Å². The molecule has 0 bridgehead atoms. The molecule has 0 saturated carbocycles. The molecule has 0 unspecified atom stereocenters. The number of fused-ring (bicyclic) bond motifs is 9. The molecule has 0 spiro atoms. The molecule has 3 heteroatoms. The average molecular weight is 709 g/mol. The van der Waals surface area contributed by atoms with Crippen molar-refractivity contribution in [3.8, 4) is 33.6 Å². The Kier molecular flexibility index (Phi) is 6.95. The van der Waals surface area contributed by atoms with Crippen molar-refractivity contribution < 1.29 is 0 Å². The predicted octanol–water partition coefficient (Wildman–Crippen LogP) is 14.7. The van der Waals surface area contributed by atoms with Gasteiger partial charge in [-0.1, -0.05) is 111 Å². The molecule has 0 fully saturated rings. The van der Waals surface area contributed by atoms with Crippen molar-refractivity contribution in [1.29, 1.82) is 0 Å². The third-order valence-electron chi connectivity index (χ3n) is 11.3. The lowest BCUT2D eigenvalue weighted by Crippen LogP contribution is -1.95. The van der Waals surface area contributed by atoms with E-state index in [0.29, 0.717) is 5.92 Å². The summed E-state index contributed by atoms with van der Waals surface area (Å²) in [7, 11) is 0. The van der Waals surface area contributed by atoms with Gasteiger partial charge < -0.3 is 9.13 Å². The van der Waals surface area contributed by atoms with Crippen LogP contribution in [0.15, 0.2) is 176 Å². The molecule has 0 saturated heterocycles. The van der Waals surface area contributed by atoms with E-state index in [4.69, 9.17) is 0 Å². The van der Waals surface area contributed by atoms with Crippen molar-refractivity contribution in [2.24, 2.45) is 0 Å². The molecular formula is C51H36N2S. The Bertz CT molecular complexity index is 3190. The molecule has 256 valence electrons. The Morgan fingerprint density at radius 3 is 1.39 bits per heavy atom. The van der Waals surface area contributed by atoms with E-state index in [-0.39, 0.29) is 0 Å². The molecule has 0 aliphatic heterocycles. The van der Waals surface area contributed by atoms with Crippen LogP contribution in [0.4, 0.5) is 0 Å². The summed E-state index contributed by atoms with van der Waals surface area (Å²) in [6.45, 7) is 4.50. The van der Waals surface area contributed by atoms with Crippen LogP contribution in [0, 0.1) is 0 Å². The van der Waals surface area contributed by atoms with Crippen molar-refractivity contribution in [2.45, 2.75) is 19.8 Å². The van der Waals surface area contributed by atoms with Crippen LogP contribution < -0.4 is 0 Å². The summed E-state index contributed by atoms with van der Waals surface area (Å²) >= 11 is 1.87. The quantitative estimate of drug-likeness (QED) is 0.168. The average Bonchev–Trinajstić information content (AvgIpc) is 3.88. The molecule has 0 radical (unpaired) electrons. The van der Waals surface area contributed by atoms with Crippen molar-refractivity contribution in [2.75, 3.05) is 0 Å². The Balaban J connectivity index is 1.01. The van der Waals surface area contributed by atoms with Gasteiger partial charge in [-0.3, -0.25) is 0 Å². The first-order valence-corrected chi connectivity index (χ1v) is 19.6. The lowest BCUT2D eigenvalue weighted by molar-refractivity contribution is 0.866. The highest BCUT2D eigenvalue weighted by Gasteiger charge is 2.16. The number of benzene rings is 8. The molecule has 3 aromatic heterocycles. The van der Waals surface area contributed by atoms with E-state index < -0.39 is 0 Å². The number of thiophene rings is 1. The molecule has 54 heavy (non-hydrogen) atoms. The Morgan fingerprint density at radius 2 is 0.815 bits per heavy atom. The Labute approximate surface area is 317 Å². The number of para-hydroxylation sites is 3. The summed E-state index contributed by atoms with van der Waals surface area (Å²) in [5, 5.41) is 7.72. The second-order valence-electron chi connectivity index (χ2n) is 14.8. The molecule has 8 aromatic carbocycles. The van der Waals surface area contributed by atoms with Crippen LogP contribution in [-0.2, 0) is 0 Å². The normalized spacial score (nSPS) is 12.1. The van der Waals surface area contributed by atoms with Gasteiger partial charge >= 0.3 is 0 Å². The van der Waals surface area contributed by atoms with E-state index in [1.54, 1.807) is 0 Å². The second kappa shape index (κ2) is 12.1. The maximum absolute atomic E-state index is 2.41. The second-order valence-corrected chi connectivity index (χ2v) is 15.9. The summed E-state index contributed by atoms with van der Waals surface area (Å²) < 4.78 is 7.43. The Hall–Kier alpha value is -6.42. The van der Waals surface area contributed by atoms with Crippen molar-refractivity contribution >= 4 is 75.1 Å². The highest BCUT2D eigenvalue weighted by Crippen LogP contribution is 2.41. The third-order valence-corrected chi connectivity index (χ3v) is 12.5. The summed E-state index contributed by atoms with van der Waals surface area (Å²) in [6.07, 6.45) is 0. The van der Waals surface area contributed by atoms with Crippen LogP contribution in [0.3, 0.4) is 0 Å². The van der Waals surface area contributed by atoms with Crippen LogP contribution in [0.5, 0.6) is 0 Å². The van der Waals surface area contributed by atoms with Crippen LogP contribution >= 0.6 is 11.3 Å². The van der Waals surface area contributed by atoms with Crippen LogP contribution in [0.25, 0.3) is 97.4 Å². The van der Waals surface area contributed by atoms with Crippen molar-refractivity contribution in [1.82, 2.24) is 9.13 Å². The van der Waals surface area contributed by atoms with Crippen LogP contribution in [-0.4, -0.2) is 9.13 Å². The van der Waals surface area contributed by atoms with E-state index in [1.807, 2.05) is 11.3 Å². The van der Waals surface area contributed by atoms with Gasteiger partial charge in [-0.05, 0) is 113 Å². The molecule has 2 nitrogen and oxygen atoms in total. The van der Waals surface area contributed by atoms with Crippen LogP contribution in [0.2, 0.25) is 0 Å². The zero-order valence-electron chi connectivity index (χ0n) is 30.1. The van der Waals surface area contributed by atoms with Crippen molar-refractivity contribution in [3.63, 3.8) is 0 Å². The molecule has 3 heterocycles. The molecule has 0 aliphatic carbocycles. The van der Waals surface area contributed by atoms with Gasteiger partial charge in [-0.15, -0.1) is 11.3 Å². The summed E-state index contributed by atoms with van der Waals surface area (Å²) in [4.78, 5) is 0. The van der Waals surface area contributed by atoms with E-state index in [1.165, 1.54) is 103 Å². The number of aromatic nitrogens is 2. The maximum atomic E-state index is 2.41.